The molecule has 2 aromatic carbocycles. The molecule has 1 aliphatic heterocycles. The summed E-state index contributed by atoms with van der Waals surface area (Å²) in [6, 6.07) is 18.0. The minimum atomic E-state index is -0.0687. The number of aromatic nitrogens is 5. The van der Waals surface area contributed by atoms with E-state index in [4.69, 9.17) is 4.98 Å². The Bertz CT molecular complexity index is 1120. The van der Waals surface area contributed by atoms with Gasteiger partial charge in [-0.15, -0.1) is 5.10 Å². The summed E-state index contributed by atoms with van der Waals surface area (Å²) in [4.78, 5) is 25.1. The van der Waals surface area contributed by atoms with Gasteiger partial charge in [0, 0.05) is 26.2 Å². The standard InChI is InChI=1S/C22H23N7O/c30-21(20-16-29(26-25-20)15-17-7-2-1-3-8-17)27-11-6-12-28(14-13-27)22-23-18-9-4-5-10-19(18)24-22/h1-5,7-10,16H,6,11-15H2,(H,23,24). The van der Waals surface area contributed by atoms with Gasteiger partial charge in [0.25, 0.3) is 5.91 Å². The Morgan fingerprint density at radius 3 is 2.67 bits per heavy atom. The second-order valence-corrected chi connectivity index (χ2v) is 7.50. The fourth-order valence-corrected chi connectivity index (χ4v) is 3.83. The number of amides is 1. The van der Waals surface area contributed by atoms with Gasteiger partial charge in [-0.3, -0.25) is 4.79 Å². The lowest BCUT2D eigenvalue weighted by Crippen LogP contribution is -2.35. The van der Waals surface area contributed by atoms with E-state index in [2.05, 4.69) is 20.2 Å². The van der Waals surface area contributed by atoms with E-state index in [1.54, 1.807) is 10.9 Å². The van der Waals surface area contributed by atoms with Crippen molar-refractivity contribution in [2.24, 2.45) is 0 Å². The number of nitrogens with one attached hydrogen (secondary N) is 1. The van der Waals surface area contributed by atoms with Crippen LogP contribution in [-0.2, 0) is 6.54 Å². The molecule has 0 saturated carbocycles. The number of rotatable bonds is 4. The van der Waals surface area contributed by atoms with Crippen LogP contribution in [0.15, 0.2) is 60.8 Å². The van der Waals surface area contributed by atoms with E-state index >= 15 is 0 Å². The topological polar surface area (TPSA) is 82.9 Å². The SMILES string of the molecule is O=C(c1cn(Cc2ccccc2)nn1)N1CCCN(c2nc3ccccc3[nH]2)CC1. The third kappa shape index (κ3) is 3.76. The molecule has 1 saturated heterocycles. The largest absolute Gasteiger partial charge is 0.341 e. The van der Waals surface area contributed by atoms with Crippen molar-refractivity contribution in [2.75, 3.05) is 31.1 Å². The Balaban J connectivity index is 1.25. The maximum absolute atomic E-state index is 13.0. The molecule has 0 spiro atoms. The highest BCUT2D eigenvalue weighted by Crippen LogP contribution is 2.19. The lowest BCUT2D eigenvalue weighted by molar-refractivity contribution is 0.0761. The van der Waals surface area contributed by atoms with Crippen LogP contribution in [0, 0.1) is 0 Å². The van der Waals surface area contributed by atoms with Gasteiger partial charge in [0.15, 0.2) is 5.69 Å². The van der Waals surface area contributed by atoms with Gasteiger partial charge in [-0.05, 0) is 24.1 Å². The van der Waals surface area contributed by atoms with Crippen LogP contribution < -0.4 is 4.90 Å². The zero-order chi connectivity index (χ0) is 20.3. The second-order valence-electron chi connectivity index (χ2n) is 7.50. The van der Waals surface area contributed by atoms with Crippen LogP contribution in [0.3, 0.4) is 0 Å². The predicted molar refractivity (Wildman–Crippen MR) is 114 cm³/mol. The summed E-state index contributed by atoms with van der Waals surface area (Å²) in [5.74, 6) is 0.792. The number of fused-ring (bicyclic) bond motifs is 1. The molecule has 1 fully saturated rings. The Morgan fingerprint density at radius 2 is 1.80 bits per heavy atom. The molecule has 1 aliphatic rings. The number of imidazole rings is 1. The quantitative estimate of drug-likeness (QED) is 0.568. The number of carbonyl (C=O) groups is 1. The van der Waals surface area contributed by atoms with Crippen molar-refractivity contribution < 1.29 is 4.79 Å². The number of benzene rings is 2. The number of nitrogens with zero attached hydrogens (tertiary/aromatic N) is 6. The molecule has 0 atom stereocenters. The predicted octanol–water partition coefficient (Wildman–Crippen LogP) is 2.56. The second kappa shape index (κ2) is 7.98. The molecular formula is C22H23N7O. The zero-order valence-electron chi connectivity index (χ0n) is 16.6. The van der Waals surface area contributed by atoms with Crippen LogP contribution in [0.5, 0.6) is 0 Å². The molecular weight excluding hydrogens is 378 g/mol. The minimum Gasteiger partial charge on any atom is -0.341 e. The molecule has 4 aromatic rings. The van der Waals surface area contributed by atoms with E-state index in [9.17, 15) is 4.79 Å². The smallest absolute Gasteiger partial charge is 0.276 e. The van der Waals surface area contributed by atoms with Crippen molar-refractivity contribution in [2.45, 2.75) is 13.0 Å². The molecule has 3 heterocycles. The Morgan fingerprint density at radius 1 is 0.967 bits per heavy atom. The van der Waals surface area contributed by atoms with E-state index in [1.807, 2.05) is 59.5 Å². The monoisotopic (exact) mass is 401 g/mol. The highest BCUT2D eigenvalue weighted by Gasteiger charge is 2.23. The van der Waals surface area contributed by atoms with Crippen LogP contribution in [0.4, 0.5) is 5.95 Å². The molecule has 1 amide bonds. The van der Waals surface area contributed by atoms with E-state index in [1.165, 1.54) is 0 Å². The number of aromatic amines is 1. The number of H-pyrrole nitrogens is 1. The van der Waals surface area contributed by atoms with Gasteiger partial charge in [0.2, 0.25) is 5.95 Å². The number of hydrogen-bond donors (Lipinski definition) is 1. The molecule has 0 unspecified atom stereocenters. The van der Waals surface area contributed by atoms with Crippen LogP contribution in [0.25, 0.3) is 11.0 Å². The fourth-order valence-electron chi connectivity index (χ4n) is 3.83. The molecule has 152 valence electrons. The van der Waals surface area contributed by atoms with Gasteiger partial charge >= 0.3 is 0 Å². The van der Waals surface area contributed by atoms with Gasteiger partial charge in [-0.25, -0.2) is 9.67 Å². The number of hydrogen-bond acceptors (Lipinski definition) is 5. The molecule has 8 nitrogen and oxygen atoms in total. The van der Waals surface area contributed by atoms with Crippen LogP contribution in [0.2, 0.25) is 0 Å². The first-order valence-corrected chi connectivity index (χ1v) is 10.2. The van der Waals surface area contributed by atoms with E-state index in [0.29, 0.717) is 25.3 Å². The number of para-hydroxylation sites is 2. The van der Waals surface area contributed by atoms with Gasteiger partial charge in [-0.2, -0.15) is 0 Å². The minimum absolute atomic E-state index is 0.0687. The normalized spacial score (nSPS) is 14.8. The first-order valence-electron chi connectivity index (χ1n) is 10.2. The van der Waals surface area contributed by atoms with Crippen molar-refractivity contribution in [1.82, 2.24) is 29.9 Å². The van der Waals surface area contributed by atoms with E-state index in [0.717, 1.165) is 42.1 Å². The van der Waals surface area contributed by atoms with Crippen molar-refractivity contribution in [1.29, 1.82) is 0 Å². The fraction of sp³-hybridized carbons (Fsp3) is 0.273. The van der Waals surface area contributed by atoms with E-state index in [-0.39, 0.29) is 5.91 Å². The van der Waals surface area contributed by atoms with Gasteiger partial charge in [0.05, 0.1) is 23.8 Å². The Hall–Kier alpha value is -3.68. The molecule has 5 rings (SSSR count). The molecule has 8 heteroatoms. The average Bonchev–Trinajstić information content (AvgIpc) is 3.34. The Labute approximate surface area is 174 Å². The molecule has 30 heavy (non-hydrogen) atoms. The summed E-state index contributed by atoms with van der Waals surface area (Å²) in [7, 11) is 0. The van der Waals surface area contributed by atoms with Crippen molar-refractivity contribution in [3.63, 3.8) is 0 Å². The summed E-state index contributed by atoms with van der Waals surface area (Å²) in [6.07, 6.45) is 2.61. The maximum atomic E-state index is 13.0. The van der Waals surface area contributed by atoms with Crippen molar-refractivity contribution in [3.05, 3.63) is 72.1 Å². The molecule has 2 aromatic heterocycles. The average molecular weight is 401 g/mol. The maximum Gasteiger partial charge on any atom is 0.276 e. The summed E-state index contributed by atoms with van der Waals surface area (Å²) >= 11 is 0. The molecule has 0 bridgehead atoms. The lowest BCUT2D eigenvalue weighted by Gasteiger charge is -2.20. The van der Waals surface area contributed by atoms with Crippen LogP contribution in [0.1, 0.15) is 22.5 Å². The third-order valence-corrected chi connectivity index (χ3v) is 5.40. The number of carbonyl (C=O) groups excluding carboxylic acids is 1. The number of anilines is 1. The third-order valence-electron chi connectivity index (χ3n) is 5.40. The molecule has 1 N–H and O–H groups in total. The highest BCUT2D eigenvalue weighted by molar-refractivity contribution is 5.92. The first kappa shape index (κ1) is 18.4. The zero-order valence-corrected chi connectivity index (χ0v) is 16.6. The van der Waals surface area contributed by atoms with Crippen molar-refractivity contribution in [3.8, 4) is 0 Å². The Kier molecular flexibility index (Phi) is 4.88. The van der Waals surface area contributed by atoms with Crippen molar-refractivity contribution >= 4 is 22.9 Å². The van der Waals surface area contributed by atoms with Crippen LogP contribution in [-0.4, -0.2) is 61.9 Å². The molecule has 0 radical (unpaired) electrons. The first-order chi connectivity index (χ1) is 14.8. The van der Waals surface area contributed by atoms with E-state index < -0.39 is 0 Å². The van der Waals surface area contributed by atoms with Crippen LogP contribution >= 0.6 is 0 Å². The molecule has 0 aliphatic carbocycles. The summed E-state index contributed by atoms with van der Waals surface area (Å²) in [5, 5.41) is 8.25. The highest BCUT2D eigenvalue weighted by atomic mass is 16.2. The van der Waals surface area contributed by atoms with Gasteiger partial charge < -0.3 is 14.8 Å². The van der Waals surface area contributed by atoms with Gasteiger partial charge in [0.1, 0.15) is 0 Å². The van der Waals surface area contributed by atoms with Gasteiger partial charge in [-0.1, -0.05) is 47.7 Å². The summed E-state index contributed by atoms with van der Waals surface area (Å²) in [6.45, 7) is 3.50. The summed E-state index contributed by atoms with van der Waals surface area (Å²) < 4.78 is 1.71. The summed E-state index contributed by atoms with van der Waals surface area (Å²) in [5.41, 5.74) is 3.50. The lowest BCUT2D eigenvalue weighted by atomic mass is 10.2.